The Kier molecular flexibility index (Phi) is 18.7. The molecule has 9 rings (SSSR count). The van der Waals surface area contributed by atoms with Gasteiger partial charge < -0.3 is 39.8 Å². The molecule has 7 atom stereocenters. The molecule has 466 valence electrons. The number of aromatic nitrogens is 5. The minimum absolute atomic E-state index is 0.151. The lowest BCUT2D eigenvalue weighted by atomic mass is 9.76. The molecule has 20 nitrogen and oxygen atoms in total. The van der Waals surface area contributed by atoms with Gasteiger partial charge in [-0.05, 0) is 101 Å². The van der Waals surface area contributed by atoms with E-state index < -0.39 is 103 Å². The number of ether oxygens (including phenoxy) is 4. The number of nitrogens with zero attached hydrogens (tertiary/aromatic N) is 8. The van der Waals surface area contributed by atoms with Gasteiger partial charge in [0.1, 0.15) is 18.0 Å². The molecule has 7 heterocycles. The molecule has 3 saturated heterocycles. The van der Waals surface area contributed by atoms with Gasteiger partial charge in [-0.25, -0.2) is 43.9 Å². The number of methoxy groups -OCH3 is 2. The number of piperazine rings is 1. The van der Waals surface area contributed by atoms with Crippen LogP contribution in [0.1, 0.15) is 91.3 Å². The molecule has 4 N–H and O–H groups in total. The molecule has 2 aromatic carbocycles. The highest BCUT2D eigenvalue weighted by molar-refractivity contribution is 5.89. The Morgan fingerprint density at radius 2 is 1.45 bits per heavy atom. The van der Waals surface area contributed by atoms with Crippen LogP contribution >= 0.6 is 0 Å². The van der Waals surface area contributed by atoms with Crippen LogP contribution in [0.5, 0.6) is 0 Å². The summed E-state index contributed by atoms with van der Waals surface area (Å²) in [5.41, 5.74) is -2.73. The number of halogens is 9. The molecular formula is C58H63F9N12O8. The SMILES string of the molecule is COC(=O)N[C@H](C(=O)N[C@@H](Cc1ccc(C#Cc2cnc(N3CC4CCC(C3)N4C3COC3)nc2)cc1)[C@H](CN1Cc2c(F)cc(-c3ccn(C(F)F)n3)cc2C([C@@H](NC(=O)OC)C(C)(C)C(F)(F)F)N1)OC(=O)c1cccnc1)C(C)(C)C(F)(F)F. The zero-order valence-corrected chi connectivity index (χ0v) is 47.9. The zero-order valence-electron chi connectivity index (χ0n) is 47.9. The van der Waals surface area contributed by atoms with Gasteiger partial charge in [-0.2, -0.15) is 40.2 Å². The van der Waals surface area contributed by atoms with Crippen molar-refractivity contribution in [2.75, 3.05) is 52.0 Å². The average molecular weight is 1230 g/mol. The molecule has 3 aromatic heterocycles. The van der Waals surface area contributed by atoms with Gasteiger partial charge in [0.15, 0.2) is 0 Å². The Labute approximate surface area is 493 Å². The standard InChI is InChI=1S/C58H63F9N12O8/c1-55(2,57(62,63)64)47(72-53(82)84-5)46-40-21-36(43-17-19-78(74-43)51(60)61)22-42(59)41(40)28-77(75-46)29-45(87-50(81)35-8-7-18-68-25-35)44(71-49(80)48(73-54(83)85-6)56(3,4)58(65,66)67)20-33-12-9-32(10-13-33)11-14-34-23-69-52(70-24-34)76-26-37-15-16-38(27-76)79(37)39-30-86-31-39/h7-10,12-13,17-19,21-25,37-39,44-48,51,75H,15-16,20,26-31H2,1-6H3,(H,71,80)(H,72,82)(H,73,83)/t37?,38?,44-,45-,46?,47+,48+/m0/s1. The molecule has 5 aromatic rings. The molecular weight excluding hydrogens is 1160 g/mol. The second-order valence-electron chi connectivity index (χ2n) is 22.7. The highest BCUT2D eigenvalue weighted by Crippen LogP contribution is 2.47. The first-order valence-electron chi connectivity index (χ1n) is 27.6. The second-order valence-corrected chi connectivity index (χ2v) is 22.7. The predicted octanol–water partition coefficient (Wildman–Crippen LogP) is 7.66. The number of rotatable bonds is 18. The molecule has 3 unspecified atom stereocenters. The minimum Gasteiger partial charge on any atom is -0.455 e. The monoisotopic (exact) mass is 1230 g/mol. The number of carbonyl (C=O) groups excluding carboxylic acids is 4. The van der Waals surface area contributed by atoms with Gasteiger partial charge in [-0.1, -0.05) is 24.0 Å². The number of anilines is 1. The summed E-state index contributed by atoms with van der Waals surface area (Å²) < 4.78 is 156. The van der Waals surface area contributed by atoms with E-state index >= 15 is 17.6 Å². The molecule has 4 aliphatic heterocycles. The van der Waals surface area contributed by atoms with Crippen molar-refractivity contribution in [2.24, 2.45) is 10.8 Å². The quantitative estimate of drug-likeness (QED) is 0.0286. The molecule has 0 saturated carbocycles. The molecule has 4 aliphatic rings. The number of amides is 3. The van der Waals surface area contributed by atoms with Crippen molar-refractivity contribution in [3.8, 4) is 23.1 Å². The van der Waals surface area contributed by atoms with E-state index in [9.17, 15) is 41.1 Å². The summed E-state index contributed by atoms with van der Waals surface area (Å²) in [4.78, 5) is 72.5. The molecule has 3 amide bonds. The third-order valence-electron chi connectivity index (χ3n) is 16.4. The Bertz CT molecular complexity index is 3330. The van der Waals surface area contributed by atoms with Crippen LogP contribution < -0.4 is 26.3 Å². The van der Waals surface area contributed by atoms with E-state index in [1.54, 1.807) is 36.7 Å². The van der Waals surface area contributed by atoms with Crippen LogP contribution in [-0.2, 0) is 36.7 Å². The number of hydrazine groups is 1. The Balaban J connectivity index is 1.07. The van der Waals surface area contributed by atoms with Crippen LogP contribution in [0.3, 0.4) is 0 Å². The van der Waals surface area contributed by atoms with Gasteiger partial charge in [0.2, 0.25) is 11.9 Å². The van der Waals surface area contributed by atoms with Crippen molar-refractivity contribution in [3.05, 3.63) is 125 Å². The van der Waals surface area contributed by atoms with Gasteiger partial charge in [0.05, 0.1) is 85.8 Å². The van der Waals surface area contributed by atoms with Gasteiger partial charge in [-0.3, -0.25) is 14.7 Å². The van der Waals surface area contributed by atoms with E-state index in [4.69, 9.17) is 14.2 Å². The van der Waals surface area contributed by atoms with E-state index in [2.05, 4.69) is 62.5 Å². The first kappa shape index (κ1) is 63.4. The normalized spacial score (nSPS) is 19.8. The number of pyridine rings is 1. The number of benzene rings is 2. The maximum absolute atomic E-state index is 16.9. The van der Waals surface area contributed by atoms with E-state index in [0.717, 1.165) is 96.7 Å². The number of nitrogens with one attached hydrogen (secondary N) is 4. The Hall–Kier alpha value is -8.07. The predicted molar refractivity (Wildman–Crippen MR) is 292 cm³/mol. The van der Waals surface area contributed by atoms with E-state index in [-0.39, 0.29) is 39.1 Å². The summed E-state index contributed by atoms with van der Waals surface area (Å²) in [6.45, 7) is 1.44. The Morgan fingerprint density at radius 1 is 0.805 bits per heavy atom. The lowest BCUT2D eigenvalue weighted by molar-refractivity contribution is -0.225. The van der Waals surface area contributed by atoms with E-state index in [1.807, 2.05) is 5.32 Å². The number of alkyl carbamates (subject to hydrolysis) is 2. The van der Waals surface area contributed by atoms with Crippen LogP contribution in [-0.4, -0.2) is 160 Å². The molecule has 3 fully saturated rings. The molecule has 87 heavy (non-hydrogen) atoms. The third kappa shape index (κ3) is 14.0. The fraction of sp³-hybridized carbons (Fsp3) is 0.483. The lowest BCUT2D eigenvalue weighted by Gasteiger charge is -2.47. The van der Waals surface area contributed by atoms with Crippen molar-refractivity contribution >= 4 is 30.0 Å². The summed E-state index contributed by atoms with van der Waals surface area (Å²) in [5.74, 6) is 3.01. The van der Waals surface area contributed by atoms with E-state index in [1.165, 1.54) is 24.4 Å². The van der Waals surface area contributed by atoms with Crippen LogP contribution in [0.4, 0.5) is 55.1 Å². The number of carbonyl (C=O) groups is 4. The molecule has 0 spiro atoms. The fourth-order valence-electron chi connectivity index (χ4n) is 11.1. The lowest BCUT2D eigenvalue weighted by Crippen LogP contribution is -2.64. The Morgan fingerprint density at radius 3 is 2.02 bits per heavy atom. The highest BCUT2D eigenvalue weighted by Gasteiger charge is 2.58. The average Bonchev–Trinajstić information content (AvgIpc) is 1.75. The summed E-state index contributed by atoms with van der Waals surface area (Å²) in [7, 11) is 1.75. The number of alkyl halides is 8. The maximum atomic E-state index is 16.9. The first-order valence-corrected chi connectivity index (χ1v) is 27.6. The van der Waals surface area contributed by atoms with Crippen LogP contribution in [0.15, 0.2) is 85.6 Å². The van der Waals surface area contributed by atoms with Crippen LogP contribution in [0.2, 0.25) is 0 Å². The molecule has 0 radical (unpaired) electrons. The van der Waals surface area contributed by atoms with Crippen molar-refractivity contribution < 1.29 is 77.6 Å². The van der Waals surface area contributed by atoms with Crippen molar-refractivity contribution in [1.29, 1.82) is 0 Å². The van der Waals surface area contributed by atoms with Gasteiger partial charge in [0.25, 0.3) is 0 Å². The maximum Gasteiger partial charge on any atom is 0.407 e. The second kappa shape index (κ2) is 25.7. The van der Waals surface area contributed by atoms with Gasteiger partial charge in [-0.15, -0.1) is 0 Å². The van der Waals surface area contributed by atoms with Crippen molar-refractivity contribution in [3.63, 3.8) is 0 Å². The molecule has 29 heteroatoms. The van der Waals surface area contributed by atoms with Crippen LogP contribution in [0.25, 0.3) is 11.3 Å². The largest absolute Gasteiger partial charge is 0.455 e. The van der Waals surface area contributed by atoms with Crippen molar-refractivity contribution in [2.45, 2.75) is 121 Å². The topological polar surface area (TPSA) is 220 Å². The van der Waals surface area contributed by atoms with Crippen LogP contribution in [0, 0.1) is 28.5 Å². The summed E-state index contributed by atoms with van der Waals surface area (Å²) >= 11 is 0. The summed E-state index contributed by atoms with van der Waals surface area (Å²) in [6.07, 6.45) is -6.43. The summed E-state index contributed by atoms with van der Waals surface area (Å²) in [6, 6.07) is 5.50. The summed E-state index contributed by atoms with van der Waals surface area (Å²) in [5, 5.41) is 11.6. The first-order chi connectivity index (χ1) is 41.1. The number of hydrogen-bond acceptors (Lipinski definition) is 16. The van der Waals surface area contributed by atoms with Crippen molar-refractivity contribution in [1.82, 2.24) is 56.0 Å². The highest BCUT2D eigenvalue weighted by atomic mass is 19.4. The molecule has 0 aliphatic carbocycles. The number of hydrogen-bond donors (Lipinski definition) is 4. The zero-order chi connectivity index (χ0) is 62.8. The van der Waals surface area contributed by atoms with Gasteiger partial charge in [0, 0.05) is 79.4 Å². The number of esters is 1. The third-order valence-corrected chi connectivity index (χ3v) is 16.4. The molecule has 2 bridgehead atoms. The smallest absolute Gasteiger partial charge is 0.407 e. The van der Waals surface area contributed by atoms with E-state index in [0.29, 0.717) is 54.6 Å². The number of fused-ring (bicyclic) bond motifs is 3. The minimum atomic E-state index is -5.16. The fourth-order valence-corrected chi connectivity index (χ4v) is 11.1. The van der Waals surface area contributed by atoms with Gasteiger partial charge >= 0.3 is 37.1 Å².